The Balaban J connectivity index is 4.21. The first-order valence-electron chi connectivity index (χ1n) is 5.58. The first-order chi connectivity index (χ1) is 6.91. The number of nitrogens with one attached hydrogen (secondary N) is 1. The standard InChI is InChI=1S/C12H25NO2S/c1-11(2,3)9-7-8-10-16(14,15)13-12(4,5)6/h7-8,13H,9-10H2,1-6H3/b8-7+. The molecule has 0 bridgehead atoms. The average molecular weight is 247 g/mol. The van der Waals surface area contributed by atoms with Crippen LogP contribution < -0.4 is 4.72 Å². The molecule has 0 aliphatic carbocycles. The van der Waals surface area contributed by atoms with E-state index in [1.54, 1.807) is 6.08 Å². The Morgan fingerprint density at radius 1 is 1.00 bits per heavy atom. The summed E-state index contributed by atoms with van der Waals surface area (Å²) >= 11 is 0. The minimum atomic E-state index is -3.19. The quantitative estimate of drug-likeness (QED) is 0.776. The molecule has 16 heavy (non-hydrogen) atoms. The molecule has 0 heterocycles. The zero-order valence-corrected chi connectivity index (χ0v) is 12.1. The molecule has 4 heteroatoms. The molecule has 0 radical (unpaired) electrons. The van der Waals surface area contributed by atoms with E-state index in [0.29, 0.717) is 0 Å². The summed E-state index contributed by atoms with van der Waals surface area (Å²) in [5.74, 6) is 0.0559. The third kappa shape index (κ3) is 10.2. The first-order valence-corrected chi connectivity index (χ1v) is 7.23. The Kier molecular flexibility index (Phi) is 5.20. The van der Waals surface area contributed by atoms with Crippen molar-refractivity contribution in [3.05, 3.63) is 12.2 Å². The van der Waals surface area contributed by atoms with Gasteiger partial charge in [0.15, 0.2) is 0 Å². The van der Waals surface area contributed by atoms with Crippen LogP contribution >= 0.6 is 0 Å². The van der Waals surface area contributed by atoms with Gasteiger partial charge in [-0.05, 0) is 32.6 Å². The molecule has 0 saturated carbocycles. The molecule has 1 N–H and O–H groups in total. The second-order valence-corrected chi connectivity index (χ2v) is 8.14. The summed E-state index contributed by atoms with van der Waals surface area (Å²) in [7, 11) is -3.19. The van der Waals surface area contributed by atoms with Gasteiger partial charge in [0.1, 0.15) is 0 Å². The molecule has 0 atom stereocenters. The van der Waals surface area contributed by atoms with Crippen LogP contribution in [0.5, 0.6) is 0 Å². The zero-order valence-electron chi connectivity index (χ0n) is 11.3. The highest BCUT2D eigenvalue weighted by Gasteiger charge is 2.18. The largest absolute Gasteiger partial charge is 0.215 e. The molecular formula is C12H25NO2S. The fourth-order valence-electron chi connectivity index (χ4n) is 1.14. The van der Waals surface area contributed by atoms with Gasteiger partial charge in [-0.25, -0.2) is 13.1 Å². The molecule has 0 amide bonds. The third-order valence-electron chi connectivity index (χ3n) is 1.67. The lowest BCUT2D eigenvalue weighted by Crippen LogP contribution is -2.41. The van der Waals surface area contributed by atoms with E-state index < -0.39 is 15.6 Å². The number of rotatable bonds is 4. The van der Waals surface area contributed by atoms with Crippen molar-refractivity contribution in [3.63, 3.8) is 0 Å². The fourth-order valence-corrected chi connectivity index (χ4v) is 2.55. The molecular weight excluding hydrogens is 222 g/mol. The summed E-state index contributed by atoms with van der Waals surface area (Å²) in [6.45, 7) is 11.9. The maximum absolute atomic E-state index is 11.6. The van der Waals surface area contributed by atoms with Crippen molar-refractivity contribution in [2.45, 2.75) is 53.5 Å². The average Bonchev–Trinajstić information content (AvgIpc) is 1.91. The Morgan fingerprint density at radius 2 is 1.50 bits per heavy atom. The lowest BCUT2D eigenvalue weighted by atomic mass is 9.92. The van der Waals surface area contributed by atoms with E-state index in [4.69, 9.17) is 0 Å². The van der Waals surface area contributed by atoms with E-state index in [2.05, 4.69) is 25.5 Å². The van der Waals surface area contributed by atoms with Crippen LogP contribution in [0.1, 0.15) is 48.0 Å². The lowest BCUT2D eigenvalue weighted by molar-refractivity contribution is 0.420. The van der Waals surface area contributed by atoms with E-state index in [1.165, 1.54) is 0 Å². The van der Waals surface area contributed by atoms with Crippen molar-refractivity contribution >= 4 is 10.0 Å². The molecule has 0 fully saturated rings. The van der Waals surface area contributed by atoms with Gasteiger partial charge in [-0.1, -0.05) is 32.9 Å². The van der Waals surface area contributed by atoms with Crippen molar-refractivity contribution in [2.75, 3.05) is 5.75 Å². The Labute approximate surface area is 100 Å². The number of sulfonamides is 1. The second-order valence-electron chi connectivity index (χ2n) is 6.37. The molecule has 0 spiro atoms. The fraction of sp³-hybridized carbons (Fsp3) is 0.833. The highest BCUT2D eigenvalue weighted by molar-refractivity contribution is 7.89. The normalized spacial score (nSPS) is 14.6. The van der Waals surface area contributed by atoms with E-state index >= 15 is 0 Å². The molecule has 0 saturated heterocycles. The van der Waals surface area contributed by atoms with Gasteiger partial charge in [0.05, 0.1) is 5.75 Å². The summed E-state index contributed by atoms with van der Waals surface area (Å²) < 4.78 is 25.8. The predicted octanol–water partition coefficient (Wildman–Crippen LogP) is 2.70. The van der Waals surface area contributed by atoms with Gasteiger partial charge < -0.3 is 0 Å². The van der Waals surface area contributed by atoms with E-state index in [1.807, 2.05) is 26.8 Å². The summed E-state index contributed by atoms with van der Waals surface area (Å²) in [6, 6.07) is 0. The number of allylic oxidation sites excluding steroid dienone is 1. The molecule has 0 unspecified atom stereocenters. The summed E-state index contributed by atoms with van der Waals surface area (Å²) in [6.07, 6.45) is 4.54. The van der Waals surface area contributed by atoms with Gasteiger partial charge in [0.25, 0.3) is 0 Å². The van der Waals surface area contributed by atoms with Crippen LogP contribution in [-0.4, -0.2) is 19.7 Å². The van der Waals surface area contributed by atoms with Crippen LogP contribution in [0.2, 0.25) is 0 Å². The molecule has 0 aromatic heterocycles. The van der Waals surface area contributed by atoms with E-state index in [-0.39, 0.29) is 11.2 Å². The summed E-state index contributed by atoms with van der Waals surface area (Å²) in [5.41, 5.74) is -0.200. The van der Waals surface area contributed by atoms with Crippen molar-refractivity contribution in [3.8, 4) is 0 Å². The minimum Gasteiger partial charge on any atom is -0.212 e. The van der Waals surface area contributed by atoms with Crippen LogP contribution in [0.3, 0.4) is 0 Å². The monoisotopic (exact) mass is 247 g/mol. The molecule has 0 aliphatic rings. The number of hydrogen-bond acceptors (Lipinski definition) is 2. The van der Waals surface area contributed by atoms with Crippen LogP contribution in [0.15, 0.2) is 12.2 Å². The van der Waals surface area contributed by atoms with E-state index in [0.717, 1.165) is 6.42 Å². The van der Waals surface area contributed by atoms with E-state index in [9.17, 15) is 8.42 Å². The maximum Gasteiger partial charge on any atom is 0.215 e. The van der Waals surface area contributed by atoms with Crippen molar-refractivity contribution < 1.29 is 8.42 Å². The van der Waals surface area contributed by atoms with Crippen LogP contribution in [0.25, 0.3) is 0 Å². The third-order valence-corrected chi connectivity index (χ3v) is 3.23. The topological polar surface area (TPSA) is 46.2 Å². The van der Waals surface area contributed by atoms with Crippen LogP contribution in [-0.2, 0) is 10.0 Å². The molecule has 0 aromatic carbocycles. The highest BCUT2D eigenvalue weighted by Crippen LogP contribution is 2.18. The molecule has 0 aromatic rings. The minimum absolute atomic E-state index is 0.0559. The van der Waals surface area contributed by atoms with Crippen molar-refractivity contribution in [2.24, 2.45) is 5.41 Å². The Morgan fingerprint density at radius 3 is 1.88 bits per heavy atom. The first kappa shape index (κ1) is 15.7. The Bertz CT molecular complexity index is 329. The van der Waals surface area contributed by atoms with Gasteiger partial charge in [-0.2, -0.15) is 0 Å². The highest BCUT2D eigenvalue weighted by atomic mass is 32.2. The molecule has 96 valence electrons. The lowest BCUT2D eigenvalue weighted by Gasteiger charge is -2.19. The second kappa shape index (κ2) is 5.32. The van der Waals surface area contributed by atoms with Gasteiger partial charge in [0.2, 0.25) is 10.0 Å². The van der Waals surface area contributed by atoms with Gasteiger partial charge in [-0.15, -0.1) is 0 Å². The van der Waals surface area contributed by atoms with Gasteiger partial charge >= 0.3 is 0 Å². The SMILES string of the molecule is CC(C)(C)C/C=C/CS(=O)(=O)NC(C)(C)C. The Hall–Kier alpha value is -0.350. The molecule has 0 aliphatic heterocycles. The predicted molar refractivity (Wildman–Crippen MR) is 69.9 cm³/mol. The van der Waals surface area contributed by atoms with Crippen molar-refractivity contribution in [1.29, 1.82) is 0 Å². The number of hydrogen-bond donors (Lipinski definition) is 1. The molecule has 0 rings (SSSR count). The maximum atomic E-state index is 11.6. The van der Waals surface area contributed by atoms with Crippen LogP contribution in [0, 0.1) is 5.41 Å². The molecule has 3 nitrogen and oxygen atoms in total. The smallest absolute Gasteiger partial charge is 0.212 e. The van der Waals surface area contributed by atoms with Gasteiger partial charge in [0, 0.05) is 5.54 Å². The zero-order chi connectivity index (χ0) is 13.0. The summed E-state index contributed by atoms with van der Waals surface area (Å²) in [4.78, 5) is 0. The van der Waals surface area contributed by atoms with Gasteiger partial charge in [-0.3, -0.25) is 0 Å². The summed E-state index contributed by atoms with van der Waals surface area (Å²) in [5, 5.41) is 0. The van der Waals surface area contributed by atoms with Crippen LogP contribution in [0.4, 0.5) is 0 Å². The van der Waals surface area contributed by atoms with Crippen molar-refractivity contribution in [1.82, 2.24) is 4.72 Å².